The van der Waals surface area contributed by atoms with E-state index in [9.17, 15) is 4.79 Å². The van der Waals surface area contributed by atoms with Crippen LogP contribution in [0.1, 0.15) is 36.1 Å². The Labute approximate surface area is 136 Å². The summed E-state index contributed by atoms with van der Waals surface area (Å²) in [6.45, 7) is 3.95. The lowest BCUT2D eigenvalue weighted by atomic mass is 10.0. The van der Waals surface area contributed by atoms with Crippen LogP contribution in [0.2, 0.25) is 0 Å². The van der Waals surface area contributed by atoms with Gasteiger partial charge in [-0.05, 0) is 31.0 Å². The van der Waals surface area contributed by atoms with Gasteiger partial charge < -0.3 is 10.1 Å². The highest BCUT2D eigenvalue weighted by Crippen LogP contribution is 2.18. The Bertz CT molecular complexity index is 702. The van der Waals surface area contributed by atoms with E-state index in [0.29, 0.717) is 11.3 Å². The lowest BCUT2D eigenvalue weighted by Gasteiger charge is -2.18. The molecule has 1 atom stereocenters. The Morgan fingerprint density at radius 3 is 2.57 bits per heavy atom. The molecule has 118 valence electrons. The molecule has 0 bridgehead atoms. The molecule has 0 radical (unpaired) electrons. The number of nitriles is 1. The number of hydrogen-bond donors (Lipinski definition) is 1. The summed E-state index contributed by atoms with van der Waals surface area (Å²) in [5.41, 5.74) is 2.68. The fourth-order valence-corrected chi connectivity index (χ4v) is 2.28. The normalized spacial score (nSPS) is 11.3. The largest absolute Gasteiger partial charge is 0.482 e. The van der Waals surface area contributed by atoms with Gasteiger partial charge in [0.15, 0.2) is 6.61 Å². The number of carbonyl (C=O) groups is 1. The number of hydrogen-bond acceptors (Lipinski definition) is 3. The fourth-order valence-electron chi connectivity index (χ4n) is 2.28. The highest BCUT2D eigenvalue weighted by molar-refractivity contribution is 5.78. The van der Waals surface area contributed by atoms with E-state index < -0.39 is 0 Å². The van der Waals surface area contributed by atoms with Crippen molar-refractivity contribution >= 4 is 5.91 Å². The Morgan fingerprint density at radius 1 is 1.22 bits per heavy atom. The SMILES string of the molecule is CC[C@H](NC(=O)COc1ccccc1C#N)c1ccc(C)cc1. The predicted octanol–water partition coefficient (Wildman–Crippen LogP) is 3.51. The summed E-state index contributed by atoms with van der Waals surface area (Å²) in [6.07, 6.45) is 0.795. The molecular weight excluding hydrogens is 288 g/mol. The minimum Gasteiger partial charge on any atom is -0.482 e. The molecule has 0 aliphatic carbocycles. The van der Waals surface area contributed by atoms with E-state index in [1.54, 1.807) is 24.3 Å². The highest BCUT2D eigenvalue weighted by Gasteiger charge is 2.13. The van der Waals surface area contributed by atoms with Crippen LogP contribution in [0, 0.1) is 18.3 Å². The third-order valence-corrected chi connectivity index (χ3v) is 3.59. The van der Waals surface area contributed by atoms with Gasteiger partial charge in [-0.1, -0.05) is 48.9 Å². The van der Waals surface area contributed by atoms with Crippen molar-refractivity contribution in [3.63, 3.8) is 0 Å². The summed E-state index contributed by atoms with van der Waals surface area (Å²) in [7, 11) is 0. The molecule has 1 amide bonds. The molecule has 1 N–H and O–H groups in total. The third kappa shape index (κ3) is 4.58. The van der Waals surface area contributed by atoms with Crippen LogP contribution in [0.5, 0.6) is 5.75 Å². The standard InChI is InChI=1S/C19H20N2O2/c1-3-17(15-10-8-14(2)9-11-15)21-19(22)13-23-18-7-5-4-6-16(18)12-20/h4-11,17H,3,13H2,1-2H3,(H,21,22)/t17-/m0/s1. The second-order valence-corrected chi connectivity index (χ2v) is 5.34. The molecule has 0 saturated heterocycles. The van der Waals surface area contributed by atoms with Gasteiger partial charge in [0.1, 0.15) is 11.8 Å². The zero-order valence-electron chi connectivity index (χ0n) is 13.4. The van der Waals surface area contributed by atoms with Crippen LogP contribution in [-0.4, -0.2) is 12.5 Å². The molecule has 2 aromatic carbocycles. The van der Waals surface area contributed by atoms with Crippen molar-refractivity contribution in [1.29, 1.82) is 5.26 Å². The summed E-state index contributed by atoms with van der Waals surface area (Å²) >= 11 is 0. The Morgan fingerprint density at radius 2 is 1.91 bits per heavy atom. The van der Waals surface area contributed by atoms with Crippen LogP contribution in [0.25, 0.3) is 0 Å². The number of ether oxygens (including phenoxy) is 1. The first-order valence-corrected chi connectivity index (χ1v) is 7.62. The van der Waals surface area contributed by atoms with Crippen molar-refractivity contribution in [2.45, 2.75) is 26.3 Å². The number of aryl methyl sites for hydroxylation is 1. The molecule has 4 nitrogen and oxygen atoms in total. The van der Waals surface area contributed by atoms with Crippen molar-refractivity contribution in [3.05, 3.63) is 65.2 Å². The van der Waals surface area contributed by atoms with Gasteiger partial charge in [0.2, 0.25) is 0 Å². The maximum atomic E-state index is 12.1. The Balaban J connectivity index is 1.95. The second kappa shape index (κ2) is 8.00. The van der Waals surface area contributed by atoms with Gasteiger partial charge in [0.25, 0.3) is 5.91 Å². The average Bonchev–Trinajstić information content (AvgIpc) is 2.59. The molecule has 0 saturated carbocycles. The quantitative estimate of drug-likeness (QED) is 0.888. The van der Waals surface area contributed by atoms with Crippen LogP contribution < -0.4 is 10.1 Å². The maximum absolute atomic E-state index is 12.1. The topological polar surface area (TPSA) is 62.1 Å². The second-order valence-electron chi connectivity index (χ2n) is 5.34. The molecule has 0 aromatic heterocycles. The first kappa shape index (κ1) is 16.6. The van der Waals surface area contributed by atoms with Crippen LogP contribution in [0.3, 0.4) is 0 Å². The van der Waals surface area contributed by atoms with Crippen molar-refractivity contribution in [2.75, 3.05) is 6.61 Å². The Hall–Kier alpha value is -2.80. The molecule has 0 heterocycles. The highest BCUT2D eigenvalue weighted by atomic mass is 16.5. The molecule has 0 spiro atoms. The van der Waals surface area contributed by atoms with Crippen molar-refractivity contribution in [1.82, 2.24) is 5.32 Å². The van der Waals surface area contributed by atoms with E-state index in [1.165, 1.54) is 5.56 Å². The van der Waals surface area contributed by atoms with E-state index in [4.69, 9.17) is 10.00 Å². The first-order chi connectivity index (χ1) is 11.1. The molecule has 0 aliphatic heterocycles. The summed E-state index contributed by atoms with van der Waals surface area (Å²) in [5.74, 6) is 0.221. The number of amides is 1. The van der Waals surface area contributed by atoms with E-state index in [1.807, 2.05) is 44.2 Å². The number of para-hydroxylation sites is 1. The number of nitrogens with zero attached hydrogens (tertiary/aromatic N) is 1. The number of rotatable bonds is 6. The van der Waals surface area contributed by atoms with Gasteiger partial charge in [-0.2, -0.15) is 5.26 Å². The lowest BCUT2D eigenvalue weighted by molar-refractivity contribution is -0.123. The molecule has 23 heavy (non-hydrogen) atoms. The molecular formula is C19H20N2O2. The van der Waals surface area contributed by atoms with Crippen LogP contribution in [0.4, 0.5) is 0 Å². The van der Waals surface area contributed by atoms with Crippen LogP contribution >= 0.6 is 0 Å². The van der Waals surface area contributed by atoms with E-state index in [-0.39, 0.29) is 18.6 Å². The summed E-state index contributed by atoms with van der Waals surface area (Å²) in [6, 6.07) is 17.0. The monoisotopic (exact) mass is 308 g/mol. The van der Waals surface area contributed by atoms with Crippen LogP contribution in [0.15, 0.2) is 48.5 Å². The summed E-state index contributed by atoms with van der Waals surface area (Å²) < 4.78 is 5.46. The Kier molecular flexibility index (Phi) is 5.76. The predicted molar refractivity (Wildman–Crippen MR) is 89.0 cm³/mol. The van der Waals surface area contributed by atoms with E-state index >= 15 is 0 Å². The van der Waals surface area contributed by atoms with Crippen molar-refractivity contribution in [2.24, 2.45) is 0 Å². The fraction of sp³-hybridized carbons (Fsp3) is 0.263. The summed E-state index contributed by atoms with van der Waals surface area (Å²) in [5, 5.41) is 12.0. The average molecular weight is 308 g/mol. The van der Waals surface area contributed by atoms with Crippen molar-refractivity contribution in [3.8, 4) is 11.8 Å². The summed E-state index contributed by atoms with van der Waals surface area (Å²) in [4.78, 5) is 12.1. The lowest BCUT2D eigenvalue weighted by Crippen LogP contribution is -2.32. The zero-order valence-corrected chi connectivity index (χ0v) is 13.4. The van der Waals surface area contributed by atoms with Crippen LogP contribution in [-0.2, 0) is 4.79 Å². The molecule has 2 aromatic rings. The third-order valence-electron chi connectivity index (χ3n) is 3.59. The van der Waals surface area contributed by atoms with Gasteiger partial charge in [-0.3, -0.25) is 4.79 Å². The minimum absolute atomic E-state index is 0.0436. The number of benzene rings is 2. The molecule has 0 unspecified atom stereocenters. The smallest absolute Gasteiger partial charge is 0.258 e. The van der Waals surface area contributed by atoms with E-state index in [2.05, 4.69) is 5.32 Å². The van der Waals surface area contributed by atoms with Crippen molar-refractivity contribution < 1.29 is 9.53 Å². The minimum atomic E-state index is -0.204. The maximum Gasteiger partial charge on any atom is 0.258 e. The first-order valence-electron chi connectivity index (χ1n) is 7.62. The van der Waals surface area contributed by atoms with Gasteiger partial charge >= 0.3 is 0 Å². The van der Waals surface area contributed by atoms with E-state index in [0.717, 1.165) is 12.0 Å². The molecule has 0 aliphatic rings. The number of nitrogens with one attached hydrogen (secondary N) is 1. The molecule has 2 rings (SSSR count). The molecule has 4 heteroatoms. The molecule has 0 fully saturated rings. The zero-order chi connectivity index (χ0) is 16.7. The van der Waals surface area contributed by atoms with Gasteiger partial charge in [0.05, 0.1) is 11.6 Å². The van der Waals surface area contributed by atoms with Gasteiger partial charge in [-0.15, -0.1) is 0 Å². The van der Waals surface area contributed by atoms with Gasteiger partial charge in [0, 0.05) is 0 Å². The van der Waals surface area contributed by atoms with Gasteiger partial charge in [-0.25, -0.2) is 0 Å². The number of carbonyl (C=O) groups excluding carboxylic acids is 1.